The quantitative estimate of drug-likeness (QED) is 0.563. The van der Waals surface area contributed by atoms with Crippen molar-refractivity contribution >= 4 is 12.0 Å². The molecule has 1 amide bonds. The fourth-order valence-electron chi connectivity index (χ4n) is 2.90. The van der Waals surface area contributed by atoms with E-state index in [0.29, 0.717) is 13.2 Å². The van der Waals surface area contributed by atoms with Crippen LogP contribution in [0.25, 0.3) is 6.08 Å². The average Bonchev–Trinajstić information content (AvgIpc) is 3.23. The average molecular weight is 391 g/mol. The van der Waals surface area contributed by atoms with E-state index in [-0.39, 0.29) is 5.91 Å². The first kappa shape index (κ1) is 20.2. The second kappa shape index (κ2) is 10.1. The first-order valence-electron chi connectivity index (χ1n) is 9.51. The van der Waals surface area contributed by atoms with E-state index in [1.165, 1.54) is 6.08 Å². The van der Waals surface area contributed by atoms with Gasteiger partial charge >= 0.3 is 0 Å². The zero-order chi connectivity index (χ0) is 20.5. The minimum Gasteiger partial charge on any atom is -0.496 e. The molecular formula is C23H25N3O3. The van der Waals surface area contributed by atoms with Gasteiger partial charge in [0.05, 0.1) is 19.3 Å². The van der Waals surface area contributed by atoms with Crippen molar-refractivity contribution in [2.45, 2.75) is 26.6 Å². The fraction of sp³-hybridized carbons (Fsp3) is 0.217. The van der Waals surface area contributed by atoms with Crippen molar-refractivity contribution in [3.05, 3.63) is 83.7 Å². The number of nitrogens with zero attached hydrogens (tertiary/aromatic N) is 2. The maximum atomic E-state index is 12.2. The van der Waals surface area contributed by atoms with Gasteiger partial charge in [0.2, 0.25) is 5.91 Å². The van der Waals surface area contributed by atoms with Crippen LogP contribution in [0, 0.1) is 0 Å². The Hall–Kier alpha value is -3.54. The molecular weight excluding hydrogens is 366 g/mol. The van der Waals surface area contributed by atoms with Crippen LogP contribution in [-0.2, 0) is 24.5 Å². The van der Waals surface area contributed by atoms with Crippen molar-refractivity contribution in [1.82, 2.24) is 15.1 Å². The number of ether oxygens (including phenoxy) is 2. The zero-order valence-electron chi connectivity index (χ0n) is 16.7. The van der Waals surface area contributed by atoms with Crippen LogP contribution in [0.3, 0.4) is 0 Å². The molecule has 0 radical (unpaired) electrons. The highest BCUT2D eigenvalue weighted by Gasteiger charge is 2.06. The van der Waals surface area contributed by atoms with E-state index in [1.807, 2.05) is 66.2 Å². The lowest BCUT2D eigenvalue weighted by molar-refractivity contribution is -0.116. The molecule has 1 N–H and O–H groups in total. The molecule has 0 saturated carbocycles. The van der Waals surface area contributed by atoms with Gasteiger partial charge in [-0.1, -0.05) is 24.3 Å². The largest absolute Gasteiger partial charge is 0.496 e. The molecule has 29 heavy (non-hydrogen) atoms. The SMILES string of the molecule is CCn1nccc1CNC(=O)/C=C/c1ccc(OC)c(COc2ccccc2)c1. The van der Waals surface area contributed by atoms with Gasteiger partial charge in [-0.2, -0.15) is 5.10 Å². The van der Waals surface area contributed by atoms with E-state index in [1.54, 1.807) is 19.4 Å². The molecule has 1 aromatic heterocycles. The number of rotatable bonds is 9. The zero-order valence-corrected chi connectivity index (χ0v) is 16.7. The minimum atomic E-state index is -0.160. The third kappa shape index (κ3) is 5.72. The van der Waals surface area contributed by atoms with Crippen molar-refractivity contribution < 1.29 is 14.3 Å². The summed E-state index contributed by atoms with van der Waals surface area (Å²) in [4.78, 5) is 12.2. The first-order chi connectivity index (χ1) is 14.2. The molecule has 0 unspecified atom stereocenters. The highest BCUT2D eigenvalue weighted by Crippen LogP contribution is 2.22. The van der Waals surface area contributed by atoms with E-state index in [2.05, 4.69) is 10.4 Å². The van der Waals surface area contributed by atoms with Crippen molar-refractivity contribution in [2.24, 2.45) is 0 Å². The molecule has 2 aromatic carbocycles. The molecule has 6 nitrogen and oxygen atoms in total. The monoisotopic (exact) mass is 391 g/mol. The third-order valence-electron chi connectivity index (χ3n) is 4.42. The maximum Gasteiger partial charge on any atom is 0.244 e. The van der Waals surface area contributed by atoms with E-state index in [0.717, 1.165) is 34.9 Å². The molecule has 3 aromatic rings. The topological polar surface area (TPSA) is 65.4 Å². The van der Waals surface area contributed by atoms with Crippen molar-refractivity contribution in [3.8, 4) is 11.5 Å². The Bertz CT molecular complexity index is 965. The molecule has 150 valence electrons. The van der Waals surface area contributed by atoms with Crippen LogP contribution < -0.4 is 14.8 Å². The molecule has 6 heteroatoms. The number of amides is 1. The van der Waals surface area contributed by atoms with Gasteiger partial charge in [0.25, 0.3) is 0 Å². The first-order valence-corrected chi connectivity index (χ1v) is 9.51. The molecule has 0 spiro atoms. The van der Waals surface area contributed by atoms with Gasteiger partial charge < -0.3 is 14.8 Å². The summed E-state index contributed by atoms with van der Waals surface area (Å²) in [5, 5.41) is 7.07. The number of carbonyl (C=O) groups is 1. The summed E-state index contributed by atoms with van der Waals surface area (Å²) in [6, 6.07) is 17.3. The summed E-state index contributed by atoms with van der Waals surface area (Å²) in [7, 11) is 1.63. The number of aromatic nitrogens is 2. The van der Waals surface area contributed by atoms with E-state index in [9.17, 15) is 4.79 Å². The second-order valence-electron chi connectivity index (χ2n) is 6.36. The minimum absolute atomic E-state index is 0.160. The summed E-state index contributed by atoms with van der Waals surface area (Å²) in [6.45, 7) is 3.60. The van der Waals surface area contributed by atoms with E-state index < -0.39 is 0 Å². The molecule has 0 aliphatic carbocycles. The molecule has 0 bridgehead atoms. The van der Waals surface area contributed by atoms with Crippen LogP contribution in [0.15, 0.2) is 66.9 Å². The van der Waals surface area contributed by atoms with Crippen molar-refractivity contribution in [3.63, 3.8) is 0 Å². The highest BCUT2D eigenvalue weighted by molar-refractivity contribution is 5.91. The van der Waals surface area contributed by atoms with Crippen LogP contribution in [0.1, 0.15) is 23.7 Å². The van der Waals surface area contributed by atoms with Gasteiger partial charge in [0.15, 0.2) is 0 Å². The Morgan fingerprint density at radius 3 is 2.76 bits per heavy atom. The summed E-state index contributed by atoms with van der Waals surface area (Å²) in [5.41, 5.74) is 2.77. The molecule has 0 saturated heterocycles. The van der Waals surface area contributed by atoms with Gasteiger partial charge in [-0.15, -0.1) is 0 Å². The number of para-hydroxylation sites is 1. The predicted molar refractivity (Wildman–Crippen MR) is 113 cm³/mol. The van der Waals surface area contributed by atoms with Crippen LogP contribution in [0.4, 0.5) is 0 Å². The van der Waals surface area contributed by atoms with Gasteiger partial charge in [-0.05, 0) is 48.9 Å². The lowest BCUT2D eigenvalue weighted by Crippen LogP contribution is -2.22. The predicted octanol–water partition coefficient (Wildman–Crippen LogP) is 3.82. The second-order valence-corrected chi connectivity index (χ2v) is 6.36. The lowest BCUT2D eigenvalue weighted by atomic mass is 10.1. The van der Waals surface area contributed by atoms with Gasteiger partial charge in [0.1, 0.15) is 18.1 Å². The summed E-state index contributed by atoms with van der Waals surface area (Å²) < 4.78 is 13.1. The standard InChI is InChI=1S/C23H25N3O3/c1-3-26-20(13-14-25-26)16-24-23(27)12-10-18-9-11-22(28-2)19(15-18)17-29-21-7-5-4-6-8-21/h4-15H,3,16-17H2,1-2H3,(H,24,27)/b12-10+. The Kier molecular flexibility index (Phi) is 7.05. The van der Waals surface area contributed by atoms with Gasteiger partial charge in [-0.25, -0.2) is 0 Å². The Morgan fingerprint density at radius 1 is 1.17 bits per heavy atom. The number of benzene rings is 2. The van der Waals surface area contributed by atoms with Crippen LogP contribution in [-0.4, -0.2) is 22.8 Å². The molecule has 0 atom stereocenters. The normalized spacial score (nSPS) is 10.8. The van der Waals surface area contributed by atoms with Crippen LogP contribution in [0.5, 0.6) is 11.5 Å². The molecule has 1 heterocycles. The number of hydrogen-bond acceptors (Lipinski definition) is 4. The van der Waals surface area contributed by atoms with E-state index in [4.69, 9.17) is 9.47 Å². The Morgan fingerprint density at radius 2 is 2.00 bits per heavy atom. The van der Waals surface area contributed by atoms with E-state index >= 15 is 0 Å². The molecule has 0 aliphatic rings. The molecule has 0 fully saturated rings. The number of hydrogen-bond donors (Lipinski definition) is 1. The van der Waals surface area contributed by atoms with Gasteiger partial charge in [-0.3, -0.25) is 9.48 Å². The summed E-state index contributed by atoms with van der Waals surface area (Å²) >= 11 is 0. The maximum absolute atomic E-state index is 12.2. The Balaban J connectivity index is 1.61. The van der Waals surface area contributed by atoms with Crippen LogP contribution in [0.2, 0.25) is 0 Å². The number of carbonyl (C=O) groups excluding carboxylic acids is 1. The number of nitrogens with one attached hydrogen (secondary N) is 1. The van der Waals surface area contributed by atoms with Gasteiger partial charge in [0, 0.05) is 24.4 Å². The van der Waals surface area contributed by atoms with Crippen molar-refractivity contribution in [2.75, 3.05) is 7.11 Å². The molecule has 3 rings (SSSR count). The van der Waals surface area contributed by atoms with Crippen molar-refractivity contribution in [1.29, 1.82) is 0 Å². The highest BCUT2D eigenvalue weighted by atomic mass is 16.5. The Labute approximate surface area is 170 Å². The summed E-state index contributed by atoms with van der Waals surface area (Å²) in [6.07, 6.45) is 5.03. The fourth-order valence-corrected chi connectivity index (χ4v) is 2.90. The molecule has 0 aliphatic heterocycles. The third-order valence-corrected chi connectivity index (χ3v) is 4.42. The lowest BCUT2D eigenvalue weighted by Gasteiger charge is -2.11. The summed E-state index contributed by atoms with van der Waals surface area (Å²) in [5.74, 6) is 1.38. The number of aryl methyl sites for hydroxylation is 1. The smallest absolute Gasteiger partial charge is 0.244 e. The van der Waals surface area contributed by atoms with Crippen LogP contribution >= 0.6 is 0 Å². The number of methoxy groups -OCH3 is 1.